The van der Waals surface area contributed by atoms with E-state index in [4.69, 9.17) is 10.1 Å². The average Bonchev–Trinajstić information content (AvgIpc) is 3.64. The van der Waals surface area contributed by atoms with Crippen molar-refractivity contribution in [1.29, 1.82) is 0 Å². The minimum atomic E-state index is -0.227. The summed E-state index contributed by atoms with van der Waals surface area (Å²) >= 11 is 0. The molecule has 1 aliphatic heterocycles. The Bertz CT molecular complexity index is 1840. The van der Waals surface area contributed by atoms with Crippen LogP contribution in [0.2, 0.25) is 0 Å². The fraction of sp³-hybridized carbons (Fsp3) is 0.233. The first kappa shape index (κ1) is 24.2. The van der Waals surface area contributed by atoms with Crippen LogP contribution in [0.1, 0.15) is 18.7 Å². The Labute approximate surface area is 229 Å². The van der Waals surface area contributed by atoms with E-state index in [9.17, 15) is 9.18 Å². The zero-order valence-corrected chi connectivity index (χ0v) is 21.8. The highest BCUT2D eigenvalue weighted by molar-refractivity contribution is 5.94. The molecule has 9 nitrogen and oxygen atoms in total. The number of fused-ring (bicyclic) bond motifs is 6. The maximum atomic E-state index is 14.2. The molecule has 0 atom stereocenters. The molecule has 0 N–H and O–H groups in total. The average molecular weight is 535 g/mol. The molecule has 6 aromatic rings. The number of amides is 1. The van der Waals surface area contributed by atoms with Crippen LogP contribution in [0.4, 0.5) is 10.1 Å². The van der Waals surface area contributed by atoms with Crippen LogP contribution in [0.25, 0.3) is 33.7 Å². The zero-order chi connectivity index (χ0) is 27.1. The maximum absolute atomic E-state index is 14.2. The van der Waals surface area contributed by atoms with Gasteiger partial charge in [0.25, 0.3) is 5.78 Å². The molecule has 1 aliphatic rings. The topological polar surface area (TPSA) is 83.9 Å². The van der Waals surface area contributed by atoms with Gasteiger partial charge in [0, 0.05) is 50.0 Å². The monoisotopic (exact) mass is 534 g/mol. The molecule has 1 saturated heterocycles. The SMILES string of the molecule is O=C(CCCc1nnc2n3nc(-c4ccccc4)nc3c3ccccc3n12)N1CCN(c2ccccc2F)CC1. The molecule has 1 fully saturated rings. The molecular weight excluding hydrogens is 507 g/mol. The fourth-order valence-electron chi connectivity index (χ4n) is 5.51. The highest BCUT2D eigenvalue weighted by atomic mass is 19.1. The van der Waals surface area contributed by atoms with Gasteiger partial charge in [-0.3, -0.25) is 9.20 Å². The highest BCUT2D eigenvalue weighted by Crippen LogP contribution is 2.26. The maximum Gasteiger partial charge on any atom is 0.258 e. The van der Waals surface area contributed by atoms with E-state index in [0.29, 0.717) is 62.7 Å². The van der Waals surface area contributed by atoms with E-state index in [0.717, 1.165) is 27.9 Å². The predicted molar refractivity (Wildman–Crippen MR) is 151 cm³/mol. The van der Waals surface area contributed by atoms with E-state index in [1.807, 2.05) is 74.9 Å². The molecule has 3 aromatic carbocycles. The minimum absolute atomic E-state index is 0.109. The first-order valence-electron chi connectivity index (χ1n) is 13.5. The van der Waals surface area contributed by atoms with Gasteiger partial charge in [0.15, 0.2) is 11.5 Å². The molecule has 0 unspecified atom stereocenters. The molecule has 4 heterocycles. The van der Waals surface area contributed by atoms with E-state index in [-0.39, 0.29) is 11.7 Å². The number of benzene rings is 3. The third-order valence-corrected chi connectivity index (χ3v) is 7.54. The number of aromatic nitrogens is 6. The summed E-state index contributed by atoms with van der Waals surface area (Å²) in [5.74, 6) is 1.88. The van der Waals surface area contributed by atoms with Crippen LogP contribution in [0.15, 0.2) is 78.9 Å². The summed E-state index contributed by atoms with van der Waals surface area (Å²) < 4.78 is 17.9. The standard InChI is InChI=1S/C30H27FN8O/c31-23-12-5-7-14-25(23)36-17-19-37(20-18-36)27(40)16-8-15-26-33-34-30-38(26)24-13-6-4-11-22(24)29-32-28(35-39(29)30)21-9-2-1-3-10-21/h1-7,9-14H,8,15-20H2. The Kier molecular flexibility index (Phi) is 6.07. The van der Waals surface area contributed by atoms with Crippen molar-refractivity contribution in [1.82, 2.24) is 34.1 Å². The summed E-state index contributed by atoms with van der Waals surface area (Å²) in [5.41, 5.74) is 3.21. The predicted octanol–water partition coefficient (Wildman–Crippen LogP) is 4.40. The van der Waals surface area contributed by atoms with Gasteiger partial charge in [0.1, 0.15) is 11.6 Å². The molecule has 0 spiro atoms. The van der Waals surface area contributed by atoms with Crippen LogP contribution < -0.4 is 4.90 Å². The van der Waals surface area contributed by atoms with E-state index in [1.165, 1.54) is 6.07 Å². The lowest BCUT2D eigenvalue weighted by Crippen LogP contribution is -2.49. The van der Waals surface area contributed by atoms with E-state index >= 15 is 0 Å². The molecule has 3 aromatic heterocycles. The van der Waals surface area contributed by atoms with Gasteiger partial charge in [-0.15, -0.1) is 15.3 Å². The molecule has 10 heteroatoms. The Balaban J connectivity index is 1.09. The van der Waals surface area contributed by atoms with Gasteiger partial charge in [-0.2, -0.15) is 4.52 Å². The van der Waals surface area contributed by atoms with E-state index in [1.54, 1.807) is 16.6 Å². The second-order valence-corrected chi connectivity index (χ2v) is 9.98. The summed E-state index contributed by atoms with van der Waals surface area (Å²) in [6.07, 6.45) is 1.65. The highest BCUT2D eigenvalue weighted by Gasteiger charge is 2.23. The largest absolute Gasteiger partial charge is 0.366 e. The number of hydrogen-bond donors (Lipinski definition) is 0. The van der Waals surface area contributed by atoms with Crippen molar-refractivity contribution in [2.24, 2.45) is 0 Å². The summed E-state index contributed by atoms with van der Waals surface area (Å²) in [7, 11) is 0. The molecule has 0 saturated carbocycles. The number of hydrogen-bond acceptors (Lipinski definition) is 6. The van der Waals surface area contributed by atoms with Crippen LogP contribution in [0.3, 0.4) is 0 Å². The fourth-order valence-corrected chi connectivity index (χ4v) is 5.51. The van der Waals surface area contributed by atoms with Gasteiger partial charge in [-0.1, -0.05) is 54.6 Å². The van der Waals surface area contributed by atoms with Crippen LogP contribution >= 0.6 is 0 Å². The third kappa shape index (κ3) is 4.21. The lowest BCUT2D eigenvalue weighted by molar-refractivity contribution is -0.131. The Hall–Kier alpha value is -4.86. The molecule has 40 heavy (non-hydrogen) atoms. The Morgan fingerprint density at radius 2 is 1.60 bits per heavy atom. The van der Waals surface area contributed by atoms with Gasteiger partial charge >= 0.3 is 0 Å². The Morgan fingerprint density at radius 3 is 2.42 bits per heavy atom. The lowest BCUT2D eigenvalue weighted by atomic mass is 10.2. The van der Waals surface area contributed by atoms with Crippen molar-refractivity contribution in [2.45, 2.75) is 19.3 Å². The number of carbonyl (C=O) groups is 1. The summed E-state index contributed by atoms with van der Waals surface area (Å²) in [4.78, 5) is 21.7. The lowest BCUT2D eigenvalue weighted by Gasteiger charge is -2.36. The zero-order valence-electron chi connectivity index (χ0n) is 21.8. The molecular formula is C30H27FN8O. The van der Waals surface area contributed by atoms with Crippen LogP contribution in [-0.4, -0.2) is 66.2 Å². The molecule has 0 bridgehead atoms. The van der Waals surface area contributed by atoms with Crippen LogP contribution in [0, 0.1) is 5.82 Å². The second-order valence-electron chi connectivity index (χ2n) is 9.98. The van der Waals surface area contributed by atoms with Gasteiger partial charge in [0.2, 0.25) is 5.91 Å². The normalized spacial score (nSPS) is 14.0. The number of nitrogens with zero attached hydrogens (tertiary/aromatic N) is 8. The first-order chi connectivity index (χ1) is 19.7. The molecule has 0 aliphatic carbocycles. The van der Waals surface area contributed by atoms with Gasteiger partial charge in [-0.25, -0.2) is 9.37 Å². The number of halogens is 1. The van der Waals surface area contributed by atoms with Gasteiger partial charge in [-0.05, 0) is 30.7 Å². The molecule has 1 amide bonds. The summed E-state index contributed by atoms with van der Waals surface area (Å²) in [6.45, 7) is 2.40. The van der Waals surface area contributed by atoms with Crippen molar-refractivity contribution in [3.8, 4) is 11.4 Å². The number of piperazine rings is 1. The van der Waals surface area contributed by atoms with Gasteiger partial charge < -0.3 is 9.80 Å². The summed E-state index contributed by atoms with van der Waals surface area (Å²) in [6, 6.07) is 24.7. The van der Waals surface area contributed by atoms with E-state index in [2.05, 4.69) is 10.2 Å². The van der Waals surface area contributed by atoms with Crippen LogP contribution in [0.5, 0.6) is 0 Å². The number of carbonyl (C=O) groups excluding carboxylic acids is 1. The van der Waals surface area contributed by atoms with Crippen molar-refractivity contribution in [2.75, 3.05) is 31.1 Å². The Morgan fingerprint density at radius 1 is 0.850 bits per heavy atom. The second kappa shape index (κ2) is 10.0. The third-order valence-electron chi connectivity index (χ3n) is 7.54. The number of aryl methyl sites for hydroxylation is 1. The molecule has 0 radical (unpaired) electrons. The number of para-hydroxylation sites is 2. The molecule has 7 rings (SSSR count). The number of anilines is 1. The smallest absolute Gasteiger partial charge is 0.258 e. The van der Waals surface area contributed by atoms with Crippen molar-refractivity contribution < 1.29 is 9.18 Å². The van der Waals surface area contributed by atoms with Gasteiger partial charge in [0.05, 0.1) is 11.2 Å². The quantitative estimate of drug-likeness (QED) is 0.315. The summed E-state index contributed by atoms with van der Waals surface area (Å²) in [5, 5.41) is 14.7. The number of rotatable bonds is 6. The molecule has 200 valence electrons. The van der Waals surface area contributed by atoms with Crippen molar-refractivity contribution in [3.63, 3.8) is 0 Å². The van der Waals surface area contributed by atoms with Crippen molar-refractivity contribution >= 4 is 33.9 Å². The first-order valence-corrected chi connectivity index (χ1v) is 13.5. The van der Waals surface area contributed by atoms with Crippen molar-refractivity contribution in [3.05, 3.63) is 90.5 Å². The van der Waals surface area contributed by atoms with Crippen LogP contribution in [-0.2, 0) is 11.2 Å². The minimum Gasteiger partial charge on any atom is -0.366 e. The van der Waals surface area contributed by atoms with E-state index < -0.39 is 0 Å².